The van der Waals surface area contributed by atoms with E-state index in [2.05, 4.69) is 20.4 Å². The van der Waals surface area contributed by atoms with Crippen LogP contribution < -0.4 is 0 Å². The Balaban J connectivity index is 1.23. The fraction of sp³-hybridized carbons (Fsp3) is 0.625. The van der Waals surface area contributed by atoms with Crippen molar-refractivity contribution in [3.63, 3.8) is 0 Å². The molecular weight excluding hydrogens is 1100 g/mol. The van der Waals surface area contributed by atoms with Crippen molar-refractivity contribution >= 4 is 47.5 Å². The van der Waals surface area contributed by atoms with Crippen LogP contribution in [0.1, 0.15) is 178 Å². The van der Waals surface area contributed by atoms with Crippen molar-refractivity contribution in [2.45, 2.75) is 207 Å². The zero-order valence-corrected chi connectivity index (χ0v) is 52.5. The van der Waals surface area contributed by atoms with Crippen LogP contribution in [0.2, 0.25) is 0 Å². The SMILES string of the molecule is CC(C)C[C@H]1C(=O)O[C@H](Cc2ccc(Cc3nnc(C4CC4)o3)cc2)C(=O)N(C)[C@@H](CC(C)C)C(=O)O[C@H](C)C(=O)N(C)[C@@H](CC(C)C)C(=O)O[C@H](Cc2ccc(Cc3nnc(C4CC4)o3)cc2)C(=O)N(C)[C@@H](CC(C)C)C(=O)O[C@H](C)C(=O)N1C. The summed E-state index contributed by atoms with van der Waals surface area (Å²) in [4.78, 5) is 122. The largest absolute Gasteiger partial charge is 0.451 e. The summed E-state index contributed by atoms with van der Waals surface area (Å²) in [6, 6.07) is 9.28. The molecule has 0 spiro atoms. The average Bonchev–Trinajstić information content (AvgIpc) is 4.30. The van der Waals surface area contributed by atoms with E-state index in [1.54, 1.807) is 24.3 Å². The number of rotatable bonds is 18. The number of likely N-dealkylation sites (N-methyl/N-ethyl adjacent to an activating group) is 4. The first-order valence-electron chi connectivity index (χ1n) is 30.4. The number of hydrogen-bond donors (Lipinski definition) is 0. The second-order valence-corrected chi connectivity index (χ2v) is 25.4. The van der Waals surface area contributed by atoms with Crippen LogP contribution in [0.5, 0.6) is 0 Å². The highest BCUT2D eigenvalue weighted by molar-refractivity contribution is 5.94. The van der Waals surface area contributed by atoms with Crippen molar-refractivity contribution in [1.82, 2.24) is 40.0 Å². The summed E-state index contributed by atoms with van der Waals surface area (Å²) < 4.78 is 36.1. The van der Waals surface area contributed by atoms with E-state index in [-0.39, 0.29) is 62.2 Å². The lowest BCUT2D eigenvalue weighted by Crippen LogP contribution is -2.55. The van der Waals surface area contributed by atoms with Crippen molar-refractivity contribution in [2.24, 2.45) is 23.7 Å². The third-order valence-electron chi connectivity index (χ3n) is 15.9. The van der Waals surface area contributed by atoms with E-state index in [1.807, 2.05) is 79.7 Å². The van der Waals surface area contributed by atoms with Gasteiger partial charge in [0.05, 0.1) is 12.8 Å². The first-order valence-corrected chi connectivity index (χ1v) is 30.4. The van der Waals surface area contributed by atoms with Gasteiger partial charge in [-0.1, -0.05) is 104 Å². The Kier molecular flexibility index (Phi) is 22.5. The summed E-state index contributed by atoms with van der Waals surface area (Å²) >= 11 is 0. The average molecular weight is 1190 g/mol. The molecular formula is C64H88N8O14. The summed E-state index contributed by atoms with van der Waals surface area (Å²) in [7, 11) is 5.55. The zero-order chi connectivity index (χ0) is 62.8. The molecule has 3 aliphatic rings. The highest BCUT2D eigenvalue weighted by Crippen LogP contribution is 2.40. The summed E-state index contributed by atoms with van der Waals surface area (Å²) in [5.41, 5.74) is 2.88. The van der Waals surface area contributed by atoms with Crippen molar-refractivity contribution in [2.75, 3.05) is 28.2 Å². The minimum Gasteiger partial charge on any atom is -0.451 e. The number of carbonyl (C=O) groups excluding carboxylic acids is 8. The van der Waals surface area contributed by atoms with Crippen LogP contribution in [0.15, 0.2) is 57.4 Å². The second kappa shape index (κ2) is 29.2. The molecule has 1 aliphatic heterocycles. The summed E-state index contributed by atoms with van der Waals surface area (Å²) in [5.74, 6) is -4.82. The predicted octanol–water partition coefficient (Wildman–Crippen LogP) is 7.37. The van der Waals surface area contributed by atoms with Gasteiger partial charge in [0.15, 0.2) is 24.4 Å². The van der Waals surface area contributed by atoms with Gasteiger partial charge >= 0.3 is 23.9 Å². The quantitative estimate of drug-likeness (QED) is 0.0695. The van der Waals surface area contributed by atoms with E-state index < -0.39 is 96.1 Å². The van der Waals surface area contributed by atoms with Crippen LogP contribution >= 0.6 is 0 Å². The molecule has 2 aromatic heterocycles. The van der Waals surface area contributed by atoms with E-state index in [0.717, 1.165) is 56.4 Å². The summed E-state index contributed by atoms with van der Waals surface area (Å²) in [6.45, 7) is 17.5. The lowest BCUT2D eigenvalue weighted by atomic mass is 9.99. The Hall–Kier alpha value is -7.52. The molecule has 8 atom stereocenters. The number of aromatic nitrogens is 4. The topological polar surface area (TPSA) is 264 Å². The van der Waals surface area contributed by atoms with Gasteiger partial charge in [0.25, 0.3) is 23.6 Å². The molecule has 1 saturated heterocycles. The normalized spacial score (nSPS) is 24.2. The number of ether oxygens (including phenoxy) is 4. The molecule has 86 heavy (non-hydrogen) atoms. The van der Waals surface area contributed by atoms with E-state index in [4.69, 9.17) is 27.8 Å². The standard InChI is InChI=1S/C64H88N8O14/c1-35(2)27-47-61(77)81-39(9)57(73)69(11)50(30-38(7)8)64(80)84-52(32-42-17-21-44(22-18-42)34-54-66-68-56(86-54)46-25-26-46)60(76)72(14)48(28-36(3)4)62(78)82-40(10)58(74)70(12)49(29-37(5)6)63(79)83-51(59(75)71(47)13)31-41-15-19-43(20-16-41)33-53-65-67-55(85-53)45-23-24-45/h15-22,35-40,45-52H,23-34H2,1-14H3/t39-,40-,47+,48+,49+,50+,51-,52-/m1/s1. The van der Waals surface area contributed by atoms with E-state index in [9.17, 15) is 28.8 Å². The second-order valence-electron chi connectivity index (χ2n) is 25.4. The molecule has 22 heteroatoms. The maximum Gasteiger partial charge on any atom is 0.329 e. The molecule has 2 aliphatic carbocycles. The van der Waals surface area contributed by atoms with Crippen molar-refractivity contribution in [3.05, 3.63) is 94.3 Å². The molecule has 4 amide bonds. The van der Waals surface area contributed by atoms with Gasteiger partial charge in [0, 0.05) is 52.9 Å². The molecule has 3 heterocycles. The Bertz CT molecular complexity index is 2790. The van der Waals surface area contributed by atoms with Crippen LogP contribution in [0.25, 0.3) is 0 Å². The number of cyclic esters (lactones) is 4. The van der Waals surface area contributed by atoms with Crippen LogP contribution in [0.3, 0.4) is 0 Å². The number of benzene rings is 2. The zero-order valence-electron chi connectivity index (χ0n) is 52.5. The molecule has 3 fully saturated rings. The van der Waals surface area contributed by atoms with E-state index >= 15 is 9.59 Å². The molecule has 0 radical (unpaired) electrons. The molecule has 0 N–H and O–H groups in total. The van der Waals surface area contributed by atoms with Gasteiger partial charge in [-0.2, -0.15) is 0 Å². The van der Waals surface area contributed by atoms with Crippen molar-refractivity contribution in [3.8, 4) is 0 Å². The number of carbonyl (C=O) groups is 8. The number of hydrogen-bond acceptors (Lipinski definition) is 18. The first kappa shape index (κ1) is 66.0. The van der Waals surface area contributed by atoms with Crippen molar-refractivity contribution in [1.29, 1.82) is 0 Å². The molecule has 7 rings (SSSR count). The molecule has 468 valence electrons. The van der Waals surface area contributed by atoms with Gasteiger partial charge in [-0.25, -0.2) is 19.2 Å². The highest BCUT2D eigenvalue weighted by Gasteiger charge is 2.43. The molecule has 22 nitrogen and oxygen atoms in total. The van der Waals surface area contributed by atoms with Crippen LogP contribution in [-0.4, -0.2) is 164 Å². The van der Waals surface area contributed by atoms with E-state index in [0.29, 0.717) is 59.4 Å². The lowest BCUT2D eigenvalue weighted by molar-refractivity contribution is -0.176. The molecule has 0 bridgehead atoms. The van der Waals surface area contributed by atoms with Crippen molar-refractivity contribution < 1.29 is 66.1 Å². The Morgan fingerprint density at radius 2 is 0.663 bits per heavy atom. The van der Waals surface area contributed by atoms with Gasteiger partial charge in [-0.05, 0) is 111 Å². The minimum absolute atomic E-state index is 0.0714. The summed E-state index contributed by atoms with van der Waals surface area (Å²) in [5, 5.41) is 16.8. The van der Waals surface area contributed by atoms with Gasteiger partial charge in [-0.15, -0.1) is 20.4 Å². The Morgan fingerprint density at radius 1 is 0.395 bits per heavy atom. The predicted molar refractivity (Wildman–Crippen MR) is 313 cm³/mol. The molecule has 2 saturated carbocycles. The van der Waals surface area contributed by atoms with Gasteiger partial charge in [0.2, 0.25) is 23.6 Å². The fourth-order valence-corrected chi connectivity index (χ4v) is 10.5. The maximum absolute atomic E-state index is 15.1. The van der Waals surface area contributed by atoms with Gasteiger partial charge < -0.3 is 47.4 Å². The molecule has 0 unspecified atom stereocenters. The minimum atomic E-state index is -1.55. The molecule has 4 aromatic rings. The number of esters is 4. The number of nitrogens with zero attached hydrogens (tertiary/aromatic N) is 8. The Labute approximate surface area is 504 Å². The third kappa shape index (κ3) is 17.8. The fourth-order valence-electron chi connectivity index (χ4n) is 10.5. The van der Waals surface area contributed by atoms with Gasteiger partial charge in [0.1, 0.15) is 24.2 Å². The summed E-state index contributed by atoms with van der Waals surface area (Å²) in [6.07, 6.45) is -1.37. The number of amides is 4. The highest BCUT2D eigenvalue weighted by atomic mass is 16.6. The Morgan fingerprint density at radius 3 is 0.942 bits per heavy atom. The van der Waals surface area contributed by atoms with Crippen LogP contribution in [-0.2, 0) is 83.0 Å². The van der Waals surface area contributed by atoms with Crippen LogP contribution in [0.4, 0.5) is 0 Å². The first-order chi connectivity index (χ1) is 40.7. The van der Waals surface area contributed by atoms with E-state index in [1.165, 1.54) is 42.0 Å². The monoisotopic (exact) mass is 1190 g/mol. The maximum atomic E-state index is 15.1. The molecule has 2 aromatic carbocycles. The van der Waals surface area contributed by atoms with Gasteiger partial charge in [-0.3, -0.25) is 19.2 Å². The third-order valence-corrected chi connectivity index (χ3v) is 15.9. The lowest BCUT2D eigenvalue weighted by Gasteiger charge is -2.35. The smallest absolute Gasteiger partial charge is 0.329 e. The van der Waals surface area contributed by atoms with Crippen LogP contribution in [0, 0.1) is 23.7 Å².